The van der Waals surface area contributed by atoms with Gasteiger partial charge in [0.2, 0.25) is 10.0 Å². The zero-order valence-electron chi connectivity index (χ0n) is 11.6. The van der Waals surface area contributed by atoms with Gasteiger partial charge in [-0.25, -0.2) is 13.6 Å². The van der Waals surface area contributed by atoms with Crippen LogP contribution in [-0.4, -0.2) is 20.9 Å². The van der Waals surface area contributed by atoms with Crippen molar-refractivity contribution >= 4 is 27.3 Å². The first-order chi connectivity index (χ1) is 8.50. The number of primary sulfonamides is 1. The number of thiophene rings is 1. The van der Waals surface area contributed by atoms with E-state index in [0.717, 1.165) is 17.8 Å². The zero-order valence-corrected chi connectivity index (χ0v) is 13.2. The van der Waals surface area contributed by atoms with Crippen molar-refractivity contribution in [2.24, 2.45) is 10.6 Å². The lowest BCUT2D eigenvalue weighted by atomic mass is 9.92. The fourth-order valence-corrected chi connectivity index (χ4v) is 3.56. The Hall–Kier alpha value is -0.920. The van der Waals surface area contributed by atoms with Gasteiger partial charge in [0.25, 0.3) is 5.91 Å². The van der Waals surface area contributed by atoms with Gasteiger partial charge in [-0.15, -0.1) is 11.3 Å². The third kappa shape index (κ3) is 4.93. The average Bonchev–Trinajstić information content (AvgIpc) is 2.57. The van der Waals surface area contributed by atoms with Crippen molar-refractivity contribution in [3.63, 3.8) is 0 Å². The second-order valence-corrected chi connectivity index (χ2v) is 8.43. The molecule has 0 radical (unpaired) electrons. The molecule has 0 saturated heterocycles. The van der Waals surface area contributed by atoms with Crippen molar-refractivity contribution in [2.75, 3.05) is 6.54 Å². The molecule has 1 aromatic rings. The minimum Gasteiger partial charge on any atom is -0.351 e. The Morgan fingerprint density at radius 2 is 2.00 bits per heavy atom. The quantitative estimate of drug-likeness (QED) is 0.890. The molecule has 19 heavy (non-hydrogen) atoms. The molecule has 1 amide bonds. The lowest BCUT2D eigenvalue weighted by molar-refractivity contribution is 0.0953. The molecule has 3 N–H and O–H groups in total. The minimum absolute atomic E-state index is 0.0264. The van der Waals surface area contributed by atoms with Gasteiger partial charge in [0.15, 0.2) is 0 Å². The predicted octanol–water partition coefficient (Wildman–Crippen LogP) is 1.87. The number of aryl methyl sites for hydroxylation is 1. The molecule has 0 fully saturated rings. The number of amides is 1. The van der Waals surface area contributed by atoms with Crippen molar-refractivity contribution < 1.29 is 13.2 Å². The van der Waals surface area contributed by atoms with Crippen LogP contribution in [-0.2, 0) is 10.0 Å². The number of sulfonamides is 1. The van der Waals surface area contributed by atoms with E-state index in [1.807, 2.05) is 0 Å². The molecule has 0 unspecified atom stereocenters. The monoisotopic (exact) mass is 304 g/mol. The molecule has 108 valence electrons. The van der Waals surface area contributed by atoms with Crippen molar-refractivity contribution in [1.82, 2.24) is 5.32 Å². The largest absolute Gasteiger partial charge is 0.351 e. The number of carbonyl (C=O) groups is 1. The highest BCUT2D eigenvalue weighted by molar-refractivity contribution is 7.89. The van der Waals surface area contributed by atoms with Gasteiger partial charge >= 0.3 is 0 Å². The summed E-state index contributed by atoms with van der Waals surface area (Å²) in [6, 6.07) is 1.34. The van der Waals surface area contributed by atoms with Crippen LogP contribution in [0.15, 0.2) is 11.0 Å². The topological polar surface area (TPSA) is 89.3 Å². The summed E-state index contributed by atoms with van der Waals surface area (Å²) in [5.74, 6) is -0.257. The maximum Gasteiger partial charge on any atom is 0.261 e. The lowest BCUT2D eigenvalue weighted by Crippen LogP contribution is -2.26. The summed E-state index contributed by atoms with van der Waals surface area (Å²) >= 11 is 1.14. The van der Waals surface area contributed by atoms with Gasteiger partial charge < -0.3 is 5.32 Å². The molecule has 0 aliphatic heterocycles. The number of hydrogen-bond acceptors (Lipinski definition) is 4. The van der Waals surface area contributed by atoms with Gasteiger partial charge in [-0.05, 0) is 24.8 Å². The second kappa shape index (κ2) is 5.60. The van der Waals surface area contributed by atoms with Crippen molar-refractivity contribution in [1.29, 1.82) is 0 Å². The molecule has 1 rings (SSSR count). The van der Waals surface area contributed by atoms with Crippen LogP contribution in [0.25, 0.3) is 0 Å². The lowest BCUT2D eigenvalue weighted by Gasteiger charge is -2.17. The van der Waals surface area contributed by atoms with E-state index >= 15 is 0 Å². The average molecular weight is 304 g/mol. The van der Waals surface area contributed by atoms with E-state index in [4.69, 9.17) is 5.14 Å². The minimum atomic E-state index is -3.76. The molecule has 0 spiro atoms. The smallest absolute Gasteiger partial charge is 0.261 e. The number of carbonyl (C=O) groups excluding carboxylic acids is 1. The van der Waals surface area contributed by atoms with Crippen LogP contribution in [0.5, 0.6) is 0 Å². The highest BCUT2D eigenvalue weighted by Crippen LogP contribution is 2.24. The van der Waals surface area contributed by atoms with Crippen LogP contribution in [0.3, 0.4) is 0 Å². The SMILES string of the molecule is Cc1sc(C(=O)NCCC(C)(C)C)cc1S(N)(=O)=O. The molecule has 0 aliphatic rings. The molecule has 0 saturated carbocycles. The summed E-state index contributed by atoms with van der Waals surface area (Å²) in [6.45, 7) is 8.47. The van der Waals surface area contributed by atoms with E-state index in [1.54, 1.807) is 6.92 Å². The number of nitrogens with one attached hydrogen (secondary N) is 1. The predicted molar refractivity (Wildman–Crippen MR) is 76.8 cm³/mol. The maximum absolute atomic E-state index is 11.9. The fourth-order valence-electron chi connectivity index (χ4n) is 1.50. The molecule has 0 atom stereocenters. The Kier molecular flexibility index (Phi) is 4.76. The normalized spacial score (nSPS) is 12.5. The third-order valence-electron chi connectivity index (χ3n) is 2.56. The summed E-state index contributed by atoms with van der Waals surface area (Å²) < 4.78 is 22.6. The van der Waals surface area contributed by atoms with Gasteiger partial charge in [-0.3, -0.25) is 4.79 Å². The van der Waals surface area contributed by atoms with Gasteiger partial charge in [0.05, 0.1) is 9.77 Å². The second-order valence-electron chi connectivity index (χ2n) is 5.64. The Labute approximate surface area is 118 Å². The number of rotatable bonds is 4. The Morgan fingerprint density at radius 1 is 1.42 bits per heavy atom. The molecule has 0 bridgehead atoms. The molecular weight excluding hydrogens is 284 g/mol. The van der Waals surface area contributed by atoms with Crippen LogP contribution in [0.2, 0.25) is 0 Å². The van der Waals surface area contributed by atoms with E-state index in [2.05, 4.69) is 26.1 Å². The summed E-state index contributed by atoms with van der Waals surface area (Å²) in [7, 11) is -3.76. The molecule has 5 nitrogen and oxygen atoms in total. The standard InChI is InChI=1S/C12H20N2O3S2/c1-8-10(19(13,16)17)7-9(18-8)11(15)14-6-5-12(2,3)4/h7H,5-6H2,1-4H3,(H,14,15)(H2,13,16,17). The van der Waals surface area contributed by atoms with Crippen LogP contribution in [0.4, 0.5) is 0 Å². The van der Waals surface area contributed by atoms with E-state index in [9.17, 15) is 13.2 Å². The summed E-state index contributed by atoms with van der Waals surface area (Å²) in [4.78, 5) is 12.8. The zero-order chi connectivity index (χ0) is 14.8. The highest BCUT2D eigenvalue weighted by Gasteiger charge is 2.19. The van der Waals surface area contributed by atoms with Crippen LogP contribution in [0.1, 0.15) is 41.7 Å². The molecular formula is C12H20N2O3S2. The fraction of sp³-hybridized carbons (Fsp3) is 0.583. The Balaban J connectivity index is 2.74. The van der Waals surface area contributed by atoms with Gasteiger partial charge in [0, 0.05) is 11.4 Å². The molecule has 1 aromatic heterocycles. The van der Waals surface area contributed by atoms with Gasteiger partial charge in [-0.1, -0.05) is 20.8 Å². The van der Waals surface area contributed by atoms with E-state index < -0.39 is 10.0 Å². The Bertz CT molecular complexity index is 568. The Morgan fingerprint density at radius 3 is 2.42 bits per heavy atom. The summed E-state index contributed by atoms with van der Waals surface area (Å²) in [5, 5.41) is 7.86. The highest BCUT2D eigenvalue weighted by atomic mass is 32.2. The number of hydrogen-bond donors (Lipinski definition) is 2. The first kappa shape index (κ1) is 16.1. The van der Waals surface area contributed by atoms with E-state index in [1.165, 1.54) is 6.07 Å². The van der Waals surface area contributed by atoms with E-state index in [0.29, 0.717) is 16.3 Å². The summed E-state index contributed by atoms with van der Waals surface area (Å²) in [6.07, 6.45) is 0.852. The van der Waals surface area contributed by atoms with E-state index in [-0.39, 0.29) is 16.2 Å². The van der Waals surface area contributed by atoms with Crippen molar-refractivity contribution in [3.8, 4) is 0 Å². The first-order valence-electron chi connectivity index (χ1n) is 5.92. The third-order valence-corrected chi connectivity index (χ3v) is 4.78. The van der Waals surface area contributed by atoms with Crippen LogP contribution < -0.4 is 10.5 Å². The molecule has 0 aromatic carbocycles. The van der Waals surface area contributed by atoms with Gasteiger partial charge in [0.1, 0.15) is 0 Å². The van der Waals surface area contributed by atoms with Crippen LogP contribution in [0, 0.1) is 12.3 Å². The van der Waals surface area contributed by atoms with Crippen molar-refractivity contribution in [3.05, 3.63) is 15.8 Å². The maximum atomic E-state index is 11.9. The molecule has 0 aliphatic carbocycles. The first-order valence-corrected chi connectivity index (χ1v) is 8.28. The van der Waals surface area contributed by atoms with Crippen LogP contribution >= 0.6 is 11.3 Å². The molecule has 1 heterocycles. The van der Waals surface area contributed by atoms with Crippen molar-refractivity contribution in [2.45, 2.75) is 39.0 Å². The number of nitrogens with two attached hydrogens (primary N) is 1. The molecule has 7 heteroatoms. The van der Waals surface area contributed by atoms with Gasteiger partial charge in [-0.2, -0.15) is 0 Å². The summed E-state index contributed by atoms with van der Waals surface area (Å²) in [5.41, 5.74) is 0.143.